The molecule has 0 saturated heterocycles. The third kappa shape index (κ3) is 6.91. The molecule has 184 valence electrons. The van der Waals surface area contributed by atoms with E-state index in [1.54, 1.807) is 24.3 Å². The van der Waals surface area contributed by atoms with Crippen molar-refractivity contribution in [3.8, 4) is 17.1 Å². The van der Waals surface area contributed by atoms with Crippen molar-refractivity contribution in [2.75, 3.05) is 7.11 Å². The third-order valence-corrected chi connectivity index (χ3v) is 6.02. The van der Waals surface area contributed by atoms with Crippen LogP contribution >= 0.6 is 11.6 Å². The lowest BCUT2D eigenvalue weighted by atomic mass is 9.84. The number of alkyl halides is 3. The van der Waals surface area contributed by atoms with Crippen LogP contribution in [0.5, 0.6) is 5.88 Å². The molecular weight excluding hydrogens is 471 g/mol. The lowest BCUT2D eigenvalue weighted by Crippen LogP contribution is -2.31. The second-order valence-electron chi connectivity index (χ2n) is 8.24. The molecule has 1 aromatic carbocycles. The fourth-order valence-electron chi connectivity index (χ4n) is 3.88. The van der Waals surface area contributed by atoms with E-state index in [0.29, 0.717) is 17.0 Å². The average Bonchev–Trinajstić information content (AvgIpc) is 2.80. The molecule has 0 N–H and O–H groups in total. The zero-order valence-electron chi connectivity index (χ0n) is 19.1. The maximum absolute atomic E-state index is 13.0. The lowest BCUT2D eigenvalue weighted by Gasteiger charge is -2.23. The summed E-state index contributed by atoms with van der Waals surface area (Å²) in [5, 5.41) is 4.58. The summed E-state index contributed by atoms with van der Waals surface area (Å²) in [5.74, 6) is -0.248. The van der Waals surface area contributed by atoms with Crippen LogP contribution < -0.4 is 4.74 Å². The molecule has 2 atom stereocenters. The van der Waals surface area contributed by atoms with E-state index in [2.05, 4.69) is 15.1 Å². The normalized spacial score (nSPS) is 18.5. The van der Waals surface area contributed by atoms with E-state index in [9.17, 15) is 18.0 Å². The van der Waals surface area contributed by atoms with Crippen LogP contribution in [0.4, 0.5) is 13.2 Å². The number of rotatable bonds is 9. The van der Waals surface area contributed by atoms with Crippen LogP contribution in [0.15, 0.2) is 35.6 Å². The highest BCUT2D eigenvalue weighted by atomic mass is 35.5. The number of Topliss-reactive ketones (excluding diaryl/α,β-unsaturated/α-hetero) is 1. The minimum Gasteiger partial charge on any atom is -0.463 e. The van der Waals surface area contributed by atoms with E-state index in [-0.39, 0.29) is 35.4 Å². The minimum absolute atomic E-state index is 0.0559. The summed E-state index contributed by atoms with van der Waals surface area (Å²) in [7, 11) is 1.53. The Hall–Kier alpha value is -2.68. The summed E-state index contributed by atoms with van der Waals surface area (Å²) in [6.45, 7) is 0.888. The summed E-state index contributed by atoms with van der Waals surface area (Å²) < 4.78 is 44.2. The van der Waals surface area contributed by atoms with Gasteiger partial charge in [-0.3, -0.25) is 4.79 Å². The molecule has 0 amide bonds. The van der Waals surface area contributed by atoms with Gasteiger partial charge in [-0.1, -0.05) is 35.3 Å². The highest BCUT2D eigenvalue weighted by Gasteiger charge is 2.39. The number of ketones is 1. The smallest absolute Gasteiger partial charge is 0.425 e. The summed E-state index contributed by atoms with van der Waals surface area (Å²) in [6, 6.07) is 6.33. The predicted molar refractivity (Wildman–Crippen MR) is 123 cm³/mol. The van der Waals surface area contributed by atoms with E-state index < -0.39 is 12.3 Å². The fraction of sp³-hybridized carbons (Fsp3) is 0.500. The maximum atomic E-state index is 13.0. The zero-order valence-corrected chi connectivity index (χ0v) is 19.8. The van der Waals surface area contributed by atoms with Gasteiger partial charge < -0.3 is 9.57 Å². The molecule has 10 heteroatoms. The Bertz CT molecular complexity index is 1010. The first-order valence-electron chi connectivity index (χ1n) is 11.2. The van der Waals surface area contributed by atoms with Crippen molar-refractivity contribution in [1.82, 2.24) is 9.97 Å². The Kier molecular flexibility index (Phi) is 8.88. The number of carbonyl (C=O) groups is 1. The van der Waals surface area contributed by atoms with Gasteiger partial charge in [0.25, 0.3) is 0 Å². The Morgan fingerprint density at radius 1 is 1.26 bits per heavy atom. The van der Waals surface area contributed by atoms with Crippen molar-refractivity contribution in [3.63, 3.8) is 0 Å². The monoisotopic (exact) mass is 497 g/mol. The second-order valence-corrected chi connectivity index (χ2v) is 8.68. The molecule has 0 bridgehead atoms. The number of benzene rings is 1. The van der Waals surface area contributed by atoms with Crippen LogP contribution in [0, 0.1) is 5.92 Å². The molecule has 6 nitrogen and oxygen atoms in total. The number of aromatic nitrogens is 2. The Labute approximate surface area is 201 Å². The first kappa shape index (κ1) is 25.9. The third-order valence-electron chi connectivity index (χ3n) is 5.76. The molecule has 0 aliphatic heterocycles. The molecule has 1 aliphatic carbocycles. The largest absolute Gasteiger partial charge is 0.463 e. The Balaban J connectivity index is 1.76. The van der Waals surface area contributed by atoms with Crippen LogP contribution in [0.2, 0.25) is 5.02 Å². The summed E-state index contributed by atoms with van der Waals surface area (Å²) in [4.78, 5) is 26.1. The molecule has 1 heterocycles. The van der Waals surface area contributed by atoms with Gasteiger partial charge >= 0.3 is 6.18 Å². The van der Waals surface area contributed by atoms with Gasteiger partial charge in [0.1, 0.15) is 18.5 Å². The molecule has 3 rings (SSSR count). The standard InChI is InChI=1S/C24H27ClF3N3O3/c1-15(24(26,27)28)34-23-22(17-10-12-18(25)13-11-17)30-20(14-29-23)21(32)9-5-7-16-6-3-4-8-19(16)31-33-2/h10-16H,3-9H2,1-2H3/b31-19+/t15-,16+/m0/s1. The van der Waals surface area contributed by atoms with Crippen molar-refractivity contribution in [2.24, 2.45) is 11.1 Å². The summed E-state index contributed by atoms with van der Waals surface area (Å²) >= 11 is 5.93. The first-order chi connectivity index (χ1) is 16.2. The number of hydrogen-bond acceptors (Lipinski definition) is 6. The molecule has 1 saturated carbocycles. The van der Waals surface area contributed by atoms with Gasteiger partial charge in [-0.15, -0.1) is 0 Å². The van der Waals surface area contributed by atoms with Gasteiger partial charge in [-0.25, -0.2) is 9.97 Å². The molecule has 2 aromatic rings. The molecule has 0 unspecified atom stereocenters. The van der Waals surface area contributed by atoms with Gasteiger partial charge in [0.2, 0.25) is 5.88 Å². The van der Waals surface area contributed by atoms with E-state index >= 15 is 0 Å². The summed E-state index contributed by atoms with van der Waals surface area (Å²) in [5.41, 5.74) is 1.61. The van der Waals surface area contributed by atoms with Crippen molar-refractivity contribution in [1.29, 1.82) is 0 Å². The number of halogens is 4. The molecule has 0 radical (unpaired) electrons. The topological polar surface area (TPSA) is 73.7 Å². The molecule has 1 aliphatic rings. The molecule has 1 aromatic heterocycles. The molecular formula is C24H27ClF3N3O3. The number of ether oxygens (including phenoxy) is 1. The van der Waals surface area contributed by atoms with E-state index in [1.165, 1.54) is 13.3 Å². The number of hydrogen-bond donors (Lipinski definition) is 0. The second kappa shape index (κ2) is 11.6. The van der Waals surface area contributed by atoms with Crippen LogP contribution in [0.25, 0.3) is 11.3 Å². The van der Waals surface area contributed by atoms with Gasteiger partial charge in [0, 0.05) is 22.9 Å². The number of carbonyl (C=O) groups excluding carboxylic acids is 1. The van der Waals surface area contributed by atoms with Crippen LogP contribution in [-0.2, 0) is 4.84 Å². The zero-order chi connectivity index (χ0) is 24.7. The van der Waals surface area contributed by atoms with Crippen LogP contribution in [0.3, 0.4) is 0 Å². The van der Waals surface area contributed by atoms with Gasteiger partial charge in [-0.2, -0.15) is 13.2 Å². The van der Waals surface area contributed by atoms with Gasteiger partial charge in [0.05, 0.1) is 11.9 Å². The predicted octanol–water partition coefficient (Wildman–Crippen LogP) is 6.67. The molecule has 34 heavy (non-hydrogen) atoms. The minimum atomic E-state index is -4.57. The van der Waals surface area contributed by atoms with Crippen molar-refractivity contribution < 1.29 is 27.5 Å². The number of nitrogens with zero attached hydrogens (tertiary/aromatic N) is 3. The average molecular weight is 498 g/mol. The Morgan fingerprint density at radius 2 is 2.00 bits per heavy atom. The fourth-order valence-corrected chi connectivity index (χ4v) is 4.01. The van der Waals surface area contributed by atoms with Gasteiger partial charge in [0.15, 0.2) is 11.9 Å². The van der Waals surface area contributed by atoms with E-state index in [1.807, 2.05) is 0 Å². The summed E-state index contributed by atoms with van der Waals surface area (Å²) in [6.07, 6.45) is 0.301. The number of oxime groups is 1. The van der Waals surface area contributed by atoms with Crippen LogP contribution in [0.1, 0.15) is 62.4 Å². The quantitative estimate of drug-likeness (QED) is 0.285. The highest BCUT2D eigenvalue weighted by molar-refractivity contribution is 6.30. The first-order valence-corrected chi connectivity index (χ1v) is 11.6. The highest BCUT2D eigenvalue weighted by Crippen LogP contribution is 2.32. The van der Waals surface area contributed by atoms with Crippen LogP contribution in [-0.4, -0.2) is 40.9 Å². The maximum Gasteiger partial charge on any atom is 0.425 e. The van der Waals surface area contributed by atoms with Crippen molar-refractivity contribution >= 4 is 23.1 Å². The van der Waals surface area contributed by atoms with Crippen molar-refractivity contribution in [3.05, 3.63) is 41.2 Å². The molecule has 0 spiro atoms. The Morgan fingerprint density at radius 3 is 2.68 bits per heavy atom. The van der Waals surface area contributed by atoms with Gasteiger partial charge in [-0.05, 0) is 51.2 Å². The van der Waals surface area contributed by atoms with E-state index in [0.717, 1.165) is 44.7 Å². The SMILES string of the molecule is CO/N=C1\CCCC[C@@H]1CCCC(=O)c1cnc(O[C@@H](C)C(F)(F)F)c(-c2ccc(Cl)cc2)n1. The molecule has 1 fully saturated rings. The van der Waals surface area contributed by atoms with Crippen molar-refractivity contribution in [2.45, 2.75) is 64.1 Å². The van der Waals surface area contributed by atoms with E-state index in [4.69, 9.17) is 21.2 Å². The lowest BCUT2D eigenvalue weighted by molar-refractivity contribution is -0.189.